The molecule has 1 aromatic heterocycles. The van der Waals surface area contributed by atoms with E-state index in [4.69, 9.17) is 23.2 Å². The highest BCUT2D eigenvalue weighted by Gasteiger charge is 2.47. The van der Waals surface area contributed by atoms with Crippen LogP contribution in [0.4, 0.5) is 0 Å². The zero-order valence-electron chi connectivity index (χ0n) is 17.7. The van der Waals surface area contributed by atoms with Gasteiger partial charge in [-0.15, -0.1) is 0 Å². The summed E-state index contributed by atoms with van der Waals surface area (Å²) in [5, 5.41) is 13.0. The van der Waals surface area contributed by atoms with E-state index in [9.17, 15) is 5.11 Å². The third-order valence-electron chi connectivity index (χ3n) is 7.03. The third-order valence-corrected chi connectivity index (χ3v) is 7.52. The Bertz CT molecular complexity index is 1010. The highest BCUT2D eigenvalue weighted by atomic mass is 35.5. The van der Waals surface area contributed by atoms with Gasteiger partial charge in [0.2, 0.25) is 0 Å². The van der Waals surface area contributed by atoms with Gasteiger partial charge in [0.25, 0.3) is 0 Å². The molecule has 0 spiro atoms. The molecule has 0 saturated heterocycles. The van der Waals surface area contributed by atoms with E-state index < -0.39 is 5.60 Å². The number of benzene rings is 2. The van der Waals surface area contributed by atoms with Gasteiger partial charge in [-0.05, 0) is 79.3 Å². The predicted octanol–water partition coefficient (Wildman–Crippen LogP) is 6.92. The second kappa shape index (κ2) is 8.53. The molecule has 0 bridgehead atoms. The van der Waals surface area contributed by atoms with Gasteiger partial charge in [-0.25, -0.2) is 4.98 Å². The number of rotatable bonds is 6. The van der Waals surface area contributed by atoms with Crippen molar-refractivity contribution >= 4 is 34.2 Å². The minimum absolute atomic E-state index is 0.117. The molecule has 1 aliphatic rings. The van der Waals surface area contributed by atoms with Crippen LogP contribution in [0.5, 0.6) is 0 Å². The number of halogens is 2. The predicted molar refractivity (Wildman–Crippen MR) is 125 cm³/mol. The van der Waals surface area contributed by atoms with Gasteiger partial charge in [0.1, 0.15) is 0 Å². The summed E-state index contributed by atoms with van der Waals surface area (Å²) >= 11 is 12.1. The van der Waals surface area contributed by atoms with Gasteiger partial charge in [-0.1, -0.05) is 49.2 Å². The minimum atomic E-state index is -0.669. The molecule has 160 valence electrons. The van der Waals surface area contributed by atoms with Crippen LogP contribution in [0.2, 0.25) is 10.0 Å². The van der Waals surface area contributed by atoms with Crippen LogP contribution in [0.1, 0.15) is 51.5 Å². The maximum atomic E-state index is 11.5. The highest BCUT2D eigenvalue weighted by molar-refractivity contribution is 6.31. The van der Waals surface area contributed by atoms with Crippen molar-refractivity contribution in [3.63, 3.8) is 0 Å². The lowest BCUT2D eigenvalue weighted by Gasteiger charge is -2.49. The second-order valence-corrected chi connectivity index (χ2v) is 10.4. The first-order chi connectivity index (χ1) is 14.3. The van der Waals surface area contributed by atoms with Gasteiger partial charge in [0, 0.05) is 23.0 Å². The molecule has 2 atom stereocenters. The molecule has 3 nitrogen and oxygen atoms in total. The van der Waals surface area contributed by atoms with Crippen molar-refractivity contribution in [3.8, 4) is 0 Å². The maximum Gasteiger partial charge on any atom is 0.0958 e. The van der Waals surface area contributed by atoms with Crippen LogP contribution in [0.3, 0.4) is 0 Å². The molecule has 0 radical (unpaired) electrons. The fraction of sp³-hybridized carbons (Fsp3) is 0.480. The topological polar surface area (TPSA) is 38.0 Å². The molecular weight excluding hydrogens is 415 g/mol. The number of imidazole rings is 1. The van der Waals surface area contributed by atoms with E-state index in [0.29, 0.717) is 12.3 Å². The van der Waals surface area contributed by atoms with Gasteiger partial charge < -0.3 is 9.67 Å². The van der Waals surface area contributed by atoms with Gasteiger partial charge in [0.05, 0.1) is 23.0 Å². The Morgan fingerprint density at radius 1 is 1.10 bits per heavy atom. The molecule has 3 aromatic rings. The van der Waals surface area contributed by atoms with Crippen LogP contribution < -0.4 is 0 Å². The summed E-state index contributed by atoms with van der Waals surface area (Å²) in [6.45, 7) is 5.41. The number of hydrogen-bond acceptors (Lipinski definition) is 2. The molecular formula is C25H30Cl2N2O. The SMILES string of the molecule is CC1(C)CC(CCCn2cnc3cc(Cl)ccc32)CCC1(O)Cc1ccc(Cl)cc1. The van der Waals surface area contributed by atoms with Crippen LogP contribution in [0.25, 0.3) is 11.0 Å². The Kier molecular flexibility index (Phi) is 6.16. The molecule has 4 rings (SSSR count). The van der Waals surface area contributed by atoms with E-state index in [1.807, 2.05) is 48.8 Å². The third kappa shape index (κ3) is 4.54. The summed E-state index contributed by atoms with van der Waals surface area (Å²) in [4.78, 5) is 4.47. The minimum Gasteiger partial charge on any atom is -0.389 e. The van der Waals surface area contributed by atoms with Crippen LogP contribution in [-0.2, 0) is 13.0 Å². The fourth-order valence-electron chi connectivity index (χ4n) is 5.07. The smallest absolute Gasteiger partial charge is 0.0958 e. The Morgan fingerprint density at radius 2 is 1.83 bits per heavy atom. The maximum absolute atomic E-state index is 11.5. The Morgan fingerprint density at radius 3 is 2.57 bits per heavy atom. The molecule has 30 heavy (non-hydrogen) atoms. The van der Waals surface area contributed by atoms with E-state index in [0.717, 1.165) is 58.9 Å². The first kappa shape index (κ1) is 21.7. The summed E-state index contributed by atoms with van der Waals surface area (Å²) in [5.74, 6) is 0.648. The van der Waals surface area contributed by atoms with Gasteiger partial charge in [-0.2, -0.15) is 0 Å². The van der Waals surface area contributed by atoms with Crippen molar-refractivity contribution in [2.45, 2.75) is 64.5 Å². The molecule has 1 fully saturated rings. The number of hydrogen-bond donors (Lipinski definition) is 1. The lowest BCUT2D eigenvalue weighted by atomic mass is 9.59. The first-order valence-electron chi connectivity index (χ1n) is 10.8. The van der Waals surface area contributed by atoms with Crippen molar-refractivity contribution < 1.29 is 5.11 Å². The molecule has 0 aliphatic heterocycles. The fourth-order valence-corrected chi connectivity index (χ4v) is 5.37. The van der Waals surface area contributed by atoms with Crippen LogP contribution in [0, 0.1) is 11.3 Å². The molecule has 1 saturated carbocycles. The lowest BCUT2D eigenvalue weighted by molar-refractivity contribution is -0.110. The molecule has 2 unspecified atom stereocenters. The molecule has 1 N–H and O–H groups in total. The Balaban J connectivity index is 1.34. The van der Waals surface area contributed by atoms with Crippen molar-refractivity contribution in [3.05, 3.63) is 64.4 Å². The number of aliphatic hydroxyl groups is 1. The van der Waals surface area contributed by atoms with Gasteiger partial charge >= 0.3 is 0 Å². The molecule has 1 heterocycles. The van der Waals surface area contributed by atoms with Crippen molar-refractivity contribution in [1.82, 2.24) is 9.55 Å². The normalized spacial score (nSPS) is 23.7. The summed E-state index contributed by atoms with van der Waals surface area (Å²) in [6.07, 6.45) is 7.87. The van der Waals surface area contributed by atoms with Crippen LogP contribution in [-0.4, -0.2) is 20.3 Å². The summed E-state index contributed by atoms with van der Waals surface area (Å²) in [7, 11) is 0. The van der Waals surface area contributed by atoms with Crippen molar-refractivity contribution in [2.24, 2.45) is 11.3 Å². The average molecular weight is 445 g/mol. The standard InChI is InChI=1S/C25H30Cl2N2O/c1-24(2)15-18(11-12-25(24,30)16-19-5-7-20(26)8-6-19)4-3-13-29-17-28-22-14-21(27)9-10-23(22)29/h5-10,14,17-18,30H,3-4,11-13,15-16H2,1-2H3. The first-order valence-corrected chi connectivity index (χ1v) is 11.6. The highest BCUT2D eigenvalue weighted by Crippen LogP contribution is 2.49. The van der Waals surface area contributed by atoms with Gasteiger partial charge in [0.15, 0.2) is 0 Å². The number of aromatic nitrogens is 2. The lowest BCUT2D eigenvalue weighted by Crippen LogP contribution is -2.50. The average Bonchev–Trinajstić information content (AvgIpc) is 3.08. The Hall–Kier alpha value is -1.55. The quantitative estimate of drug-likeness (QED) is 0.447. The zero-order chi connectivity index (χ0) is 21.4. The van der Waals surface area contributed by atoms with E-state index in [2.05, 4.69) is 23.4 Å². The van der Waals surface area contributed by atoms with E-state index in [1.165, 1.54) is 6.42 Å². The Labute approximate surface area is 189 Å². The summed E-state index contributed by atoms with van der Waals surface area (Å²) in [6, 6.07) is 13.8. The zero-order valence-corrected chi connectivity index (χ0v) is 19.3. The van der Waals surface area contributed by atoms with Gasteiger partial charge in [-0.3, -0.25) is 0 Å². The number of aryl methyl sites for hydroxylation is 1. The molecule has 1 aliphatic carbocycles. The van der Waals surface area contributed by atoms with Crippen LogP contribution >= 0.6 is 23.2 Å². The second-order valence-electron chi connectivity index (χ2n) is 9.54. The van der Waals surface area contributed by atoms with E-state index in [1.54, 1.807) is 0 Å². The summed E-state index contributed by atoms with van der Waals surface area (Å²) < 4.78 is 2.22. The number of fused-ring (bicyclic) bond motifs is 1. The van der Waals surface area contributed by atoms with E-state index >= 15 is 0 Å². The molecule has 5 heteroatoms. The monoisotopic (exact) mass is 444 g/mol. The van der Waals surface area contributed by atoms with Crippen molar-refractivity contribution in [2.75, 3.05) is 0 Å². The van der Waals surface area contributed by atoms with Crippen LogP contribution in [0.15, 0.2) is 48.8 Å². The van der Waals surface area contributed by atoms with E-state index in [-0.39, 0.29) is 5.41 Å². The number of nitrogens with zero attached hydrogens (tertiary/aromatic N) is 2. The summed E-state index contributed by atoms with van der Waals surface area (Å²) in [5.41, 5.74) is 2.46. The largest absolute Gasteiger partial charge is 0.389 e. The molecule has 2 aromatic carbocycles. The van der Waals surface area contributed by atoms with Crippen molar-refractivity contribution in [1.29, 1.82) is 0 Å². The molecule has 0 amide bonds.